The molecule has 0 unspecified atom stereocenters. The van der Waals surface area contributed by atoms with E-state index in [0.29, 0.717) is 0 Å². The van der Waals surface area contributed by atoms with Gasteiger partial charge in [-0.05, 0) is 35.4 Å². The van der Waals surface area contributed by atoms with Crippen molar-refractivity contribution in [2.24, 2.45) is 0 Å². The number of nitrogens with one attached hydrogen (secondary N) is 1. The van der Waals surface area contributed by atoms with Gasteiger partial charge in [0.15, 0.2) is 0 Å². The zero-order valence-electron chi connectivity index (χ0n) is 14.6. The normalized spacial score (nSPS) is 13.7. The van der Waals surface area contributed by atoms with Crippen LogP contribution in [0.2, 0.25) is 0 Å². The van der Waals surface area contributed by atoms with Crippen LogP contribution in [0.4, 0.5) is 0 Å². The smallest absolute Gasteiger partial charge is 0.207 e. The largest absolute Gasteiger partial charge is 0.241 e. The molecule has 2 atom stereocenters. The molecule has 0 spiro atoms. The van der Waals surface area contributed by atoms with Crippen LogP contribution in [-0.4, -0.2) is 8.42 Å². The Labute approximate surface area is 168 Å². The molecule has 3 aromatic carbocycles. The minimum atomic E-state index is -3.71. The first-order chi connectivity index (χ1) is 13.0. The summed E-state index contributed by atoms with van der Waals surface area (Å²) in [5, 5.41) is 0. The standard InChI is InChI=1S/C22H20BrNO2S/c1-2-21(17-9-5-3-6-10-17)22(18-11-7-4-8-12-18)24-27(25,26)20-15-13-19(23)14-16-20/h2-16,21-22,24H,1H2/t21-,22-/m1/s1. The van der Waals surface area contributed by atoms with E-state index in [2.05, 4.69) is 27.2 Å². The molecule has 0 heterocycles. The number of rotatable bonds is 7. The fraction of sp³-hybridized carbons (Fsp3) is 0.0909. The van der Waals surface area contributed by atoms with Gasteiger partial charge < -0.3 is 0 Å². The van der Waals surface area contributed by atoms with Crippen LogP contribution in [-0.2, 0) is 10.0 Å². The Morgan fingerprint density at radius 2 is 1.33 bits per heavy atom. The highest BCUT2D eigenvalue weighted by atomic mass is 79.9. The lowest BCUT2D eigenvalue weighted by Gasteiger charge is -2.26. The van der Waals surface area contributed by atoms with Gasteiger partial charge >= 0.3 is 0 Å². The van der Waals surface area contributed by atoms with E-state index in [0.717, 1.165) is 15.6 Å². The highest BCUT2D eigenvalue weighted by molar-refractivity contribution is 9.10. The quantitative estimate of drug-likeness (QED) is 0.496. The van der Waals surface area contributed by atoms with Gasteiger partial charge in [-0.1, -0.05) is 82.7 Å². The maximum absolute atomic E-state index is 13.0. The van der Waals surface area contributed by atoms with Crippen molar-refractivity contribution in [1.82, 2.24) is 4.72 Å². The summed E-state index contributed by atoms with van der Waals surface area (Å²) < 4.78 is 29.7. The number of hydrogen-bond acceptors (Lipinski definition) is 2. The molecule has 0 radical (unpaired) electrons. The van der Waals surface area contributed by atoms with Gasteiger partial charge in [-0.15, -0.1) is 6.58 Å². The Hall–Kier alpha value is -2.21. The molecule has 5 heteroatoms. The SMILES string of the molecule is C=C[C@H](c1ccccc1)[C@H](NS(=O)(=O)c1ccc(Br)cc1)c1ccccc1. The molecular formula is C22H20BrNO2S. The Kier molecular flexibility index (Phi) is 6.26. The number of hydrogen-bond donors (Lipinski definition) is 1. The van der Waals surface area contributed by atoms with Crippen LogP contribution in [0.25, 0.3) is 0 Å². The molecule has 0 fully saturated rings. The van der Waals surface area contributed by atoms with Crippen molar-refractivity contribution in [2.75, 3.05) is 0 Å². The summed E-state index contributed by atoms with van der Waals surface area (Å²) in [5.41, 5.74) is 1.88. The average molecular weight is 442 g/mol. The summed E-state index contributed by atoms with van der Waals surface area (Å²) in [5.74, 6) is -0.209. The molecule has 0 amide bonds. The highest BCUT2D eigenvalue weighted by Gasteiger charge is 2.28. The molecule has 1 N–H and O–H groups in total. The zero-order chi connectivity index (χ0) is 19.3. The third-order valence-corrected chi connectivity index (χ3v) is 6.35. The van der Waals surface area contributed by atoms with Crippen LogP contribution in [0.3, 0.4) is 0 Å². The minimum Gasteiger partial charge on any atom is -0.207 e. The van der Waals surface area contributed by atoms with Gasteiger partial charge in [-0.2, -0.15) is 0 Å². The summed E-state index contributed by atoms with van der Waals surface area (Å²) >= 11 is 3.34. The Morgan fingerprint density at radius 1 is 0.815 bits per heavy atom. The van der Waals surface area contributed by atoms with Crippen molar-refractivity contribution in [2.45, 2.75) is 16.9 Å². The van der Waals surface area contributed by atoms with E-state index in [-0.39, 0.29) is 10.8 Å². The molecule has 3 rings (SSSR count). The molecule has 138 valence electrons. The van der Waals surface area contributed by atoms with E-state index in [9.17, 15) is 8.42 Å². The lowest BCUT2D eigenvalue weighted by atomic mass is 9.88. The first kappa shape index (κ1) is 19.5. The lowest BCUT2D eigenvalue weighted by molar-refractivity contribution is 0.536. The second kappa shape index (κ2) is 8.65. The van der Waals surface area contributed by atoms with Gasteiger partial charge in [-0.25, -0.2) is 13.1 Å². The molecular weight excluding hydrogens is 422 g/mol. The molecule has 3 aromatic rings. The maximum Gasteiger partial charge on any atom is 0.241 e. The lowest BCUT2D eigenvalue weighted by Crippen LogP contribution is -2.32. The summed E-state index contributed by atoms with van der Waals surface area (Å²) in [6.45, 7) is 3.96. The molecule has 0 bridgehead atoms. The predicted octanol–water partition coefficient (Wildman–Crippen LogP) is 5.44. The topological polar surface area (TPSA) is 46.2 Å². The summed E-state index contributed by atoms with van der Waals surface area (Å²) in [7, 11) is -3.71. The van der Waals surface area contributed by atoms with Gasteiger partial charge in [0, 0.05) is 10.4 Å². The van der Waals surface area contributed by atoms with Crippen molar-refractivity contribution < 1.29 is 8.42 Å². The van der Waals surface area contributed by atoms with Crippen LogP contribution >= 0.6 is 15.9 Å². The fourth-order valence-corrected chi connectivity index (χ4v) is 4.51. The van der Waals surface area contributed by atoms with Gasteiger partial charge in [0.1, 0.15) is 0 Å². The number of benzene rings is 3. The van der Waals surface area contributed by atoms with E-state index < -0.39 is 16.1 Å². The Bertz CT molecular complexity index is 988. The highest BCUT2D eigenvalue weighted by Crippen LogP contribution is 2.33. The monoisotopic (exact) mass is 441 g/mol. The molecule has 0 saturated heterocycles. The molecule has 0 saturated carbocycles. The van der Waals surface area contributed by atoms with Crippen molar-refractivity contribution in [3.63, 3.8) is 0 Å². The van der Waals surface area contributed by atoms with Crippen molar-refractivity contribution in [3.05, 3.63) is 113 Å². The van der Waals surface area contributed by atoms with Crippen molar-refractivity contribution >= 4 is 26.0 Å². The van der Waals surface area contributed by atoms with E-state index >= 15 is 0 Å². The molecule has 0 aliphatic carbocycles. The van der Waals surface area contributed by atoms with E-state index in [4.69, 9.17) is 0 Å². The van der Waals surface area contributed by atoms with E-state index in [1.807, 2.05) is 60.7 Å². The van der Waals surface area contributed by atoms with E-state index in [1.54, 1.807) is 30.3 Å². The van der Waals surface area contributed by atoms with Gasteiger partial charge in [-0.3, -0.25) is 0 Å². The van der Waals surface area contributed by atoms with Crippen molar-refractivity contribution in [1.29, 1.82) is 0 Å². The molecule has 0 aromatic heterocycles. The number of sulfonamides is 1. The third kappa shape index (κ3) is 4.75. The third-order valence-electron chi connectivity index (χ3n) is 4.36. The average Bonchev–Trinajstić information content (AvgIpc) is 2.69. The predicted molar refractivity (Wildman–Crippen MR) is 113 cm³/mol. The van der Waals surface area contributed by atoms with Gasteiger partial charge in [0.05, 0.1) is 10.9 Å². The molecule has 27 heavy (non-hydrogen) atoms. The van der Waals surface area contributed by atoms with Crippen LogP contribution in [0.1, 0.15) is 23.1 Å². The molecule has 3 nitrogen and oxygen atoms in total. The van der Waals surface area contributed by atoms with Crippen LogP contribution < -0.4 is 4.72 Å². The Balaban J connectivity index is 2.02. The summed E-state index contributed by atoms with van der Waals surface area (Å²) in [6, 6.07) is 25.5. The first-order valence-corrected chi connectivity index (χ1v) is 10.8. The second-order valence-electron chi connectivity index (χ2n) is 6.14. The van der Waals surface area contributed by atoms with Gasteiger partial charge in [0.25, 0.3) is 0 Å². The van der Waals surface area contributed by atoms with Crippen LogP contribution in [0.5, 0.6) is 0 Å². The summed E-state index contributed by atoms with van der Waals surface area (Å²) in [4.78, 5) is 0.225. The first-order valence-electron chi connectivity index (χ1n) is 8.51. The van der Waals surface area contributed by atoms with Crippen LogP contribution in [0.15, 0.2) is 107 Å². The van der Waals surface area contributed by atoms with Crippen molar-refractivity contribution in [3.8, 4) is 0 Å². The van der Waals surface area contributed by atoms with E-state index in [1.165, 1.54) is 0 Å². The Morgan fingerprint density at radius 3 is 1.85 bits per heavy atom. The number of halogens is 1. The van der Waals surface area contributed by atoms with Gasteiger partial charge in [0.2, 0.25) is 10.0 Å². The molecule has 0 aliphatic rings. The fourth-order valence-electron chi connectivity index (χ4n) is 3.00. The minimum absolute atomic E-state index is 0.209. The molecule has 0 aliphatic heterocycles. The summed E-state index contributed by atoms with van der Waals surface area (Å²) in [6.07, 6.45) is 1.79. The van der Waals surface area contributed by atoms with Crippen LogP contribution in [0, 0.1) is 0 Å². The maximum atomic E-state index is 13.0. The zero-order valence-corrected chi connectivity index (χ0v) is 17.0. The second-order valence-corrected chi connectivity index (χ2v) is 8.77.